The van der Waals surface area contributed by atoms with E-state index in [4.69, 9.17) is 15.2 Å². The van der Waals surface area contributed by atoms with Crippen molar-refractivity contribution in [2.45, 2.75) is 26.3 Å². The van der Waals surface area contributed by atoms with Crippen LogP contribution in [0.25, 0.3) is 0 Å². The molecule has 4 heterocycles. The number of allylic oxidation sites excluding steroid dienone is 1. The summed E-state index contributed by atoms with van der Waals surface area (Å²) in [6.45, 7) is 8.77. The number of quaternary nitrogens is 1. The SMILES string of the molecule is Cc1[nH]nc2c1[C@H](c1cc(C[NH+]3CCOCC3)c(C)s1)C(C#N)=C(N)O2. The minimum Gasteiger partial charge on any atom is -0.420 e. The molecule has 4 N–H and O–H groups in total. The summed E-state index contributed by atoms with van der Waals surface area (Å²) in [6.07, 6.45) is 0. The first-order valence-corrected chi connectivity index (χ1v) is 9.53. The molecule has 0 aromatic carbocycles. The van der Waals surface area contributed by atoms with Crippen molar-refractivity contribution in [2.24, 2.45) is 5.73 Å². The molecule has 0 amide bonds. The van der Waals surface area contributed by atoms with Crippen LogP contribution in [0.2, 0.25) is 0 Å². The van der Waals surface area contributed by atoms with Crippen LogP contribution in [0.3, 0.4) is 0 Å². The van der Waals surface area contributed by atoms with Gasteiger partial charge >= 0.3 is 0 Å². The summed E-state index contributed by atoms with van der Waals surface area (Å²) in [5.74, 6) is 0.387. The van der Waals surface area contributed by atoms with Gasteiger partial charge in [-0.05, 0) is 19.9 Å². The van der Waals surface area contributed by atoms with Gasteiger partial charge in [0.25, 0.3) is 0 Å². The van der Waals surface area contributed by atoms with Crippen LogP contribution in [0.4, 0.5) is 0 Å². The van der Waals surface area contributed by atoms with E-state index in [0.29, 0.717) is 11.5 Å². The van der Waals surface area contributed by atoms with E-state index in [1.54, 1.807) is 11.3 Å². The molecule has 0 bridgehead atoms. The zero-order valence-corrected chi connectivity index (χ0v) is 15.7. The second kappa shape index (κ2) is 6.76. The monoisotopic (exact) mass is 372 g/mol. The Labute approximate surface area is 156 Å². The van der Waals surface area contributed by atoms with E-state index < -0.39 is 0 Å². The molecule has 4 rings (SSSR count). The summed E-state index contributed by atoms with van der Waals surface area (Å²) >= 11 is 1.72. The maximum Gasteiger partial charge on any atom is 0.244 e. The first-order chi connectivity index (χ1) is 12.6. The smallest absolute Gasteiger partial charge is 0.244 e. The first-order valence-electron chi connectivity index (χ1n) is 8.71. The Balaban J connectivity index is 1.71. The third kappa shape index (κ3) is 2.88. The van der Waals surface area contributed by atoms with Gasteiger partial charge in [0, 0.05) is 21.0 Å². The van der Waals surface area contributed by atoms with Crippen molar-refractivity contribution in [3.63, 3.8) is 0 Å². The van der Waals surface area contributed by atoms with Gasteiger partial charge in [-0.2, -0.15) is 5.26 Å². The van der Waals surface area contributed by atoms with Gasteiger partial charge in [-0.3, -0.25) is 5.10 Å². The third-order valence-electron chi connectivity index (χ3n) is 5.09. The van der Waals surface area contributed by atoms with Crippen LogP contribution in [-0.4, -0.2) is 36.5 Å². The average molecular weight is 372 g/mol. The number of nitrogens with one attached hydrogen (secondary N) is 2. The van der Waals surface area contributed by atoms with E-state index in [1.807, 2.05) is 6.92 Å². The summed E-state index contributed by atoms with van der Waals surface area (Å²) < 4.78 is 11.0. The maximum absolute atomic E-state index is 9.67. The number of ether oxygens (including phenoxy) is 2. The molecule has 0 radical (unpaired) electrons. The van der Waals surface area contributed by atoms with Gasteiger partial charge in [0.05, 0.1) is 24.7 Å². The Kier molecular flexibility index (Phi) is 4.44. The molecule has 1 saturated heterocycles. The molecule has 0 saturated carbocycles. The number of hydrogen-bond acceptors (Lipinski definition) is 6. The zero-order valence-electron chi connectivity index (χ0n) is 14.9. The van der Waals surface area contributed by atoms with E-state index in [9.17, 15) is 5.26 Å². The lowest BCUT2D eigenvalue weighted by molar-refractivity contribution is -0.921. The number of fused-ring (bicyclic) bond motifs is 1. The molecule has 8 heteroatoms. The molecule has 136 valence electrons. The summed E-state index contributed by atoms with van der Waals surface area (Å²) in [7, 11) is 0. The quantitative estimate of drug-likeness (QED) is 0.737. The summed E-state index contributed by atoms with van der Waals surface area (Å²) in [6, 6.07) is 4.46. The normalized spacial score (nSPS) is 20.6. The summed E-state index contributed by atoms with van der Waals surface area (Å²) in [4.78, 5) is 3.93. The van der Waals surface area contributed by atoms with Gasteiger partial charge in [0.15, 0.2) is 0 Å². The van der Waals surface area contributed by atoms with Gasteiger partial charge < -0.3 is 20.1 Å². The fraction of sp³-hybridized carbons (Fsp3) is 0.444. The highest BCUT2D eigenvalue weighted by molar-refractivity contribution is 7.12. The van der Waals surface area contributed by atoms with Crippen molar-refractivity contribution < 1.29 is 14.4 Å². The van der Waals surface area contributed by atoms with Gasteiger partial charge in [0.2, 0.25) is 11.8 Å². The van der Waals surface area contributed by atoms with Crippen molar-refractivity contribution in [1.29, 1.82) is 5.26 Å². The lowest BCUT2D eigenvalue weighted by Gasteiger charge is -2.23. The third-order valence-corrected chi connectivity index (χ3v) is 6.25. The largest absolute Gasteiger partial charge is 0.420 e. The maximum atomic E-state index is 9.67. The van der Waals surface area contributed by atoms with Crippen LogP contribution >= 0.6 is 11.3 Å². The highest BCUT2D eigenvalue weighted by atomic mass is 32.1. The summed E-state index contributed by atoms with van der Waals surface area (Å²) in [5, 5.41) is 16.8. The molecule has 2 aromatic heterocycles. The number of H-pyrrole nitrogens is 1. The second-order valence-electron chi connectivity index (χ2n) is 6.76. The number of nitrogens with two attached hydrogens (primary N) is 1. The number of nitriles is 1. The fourth-order valence-electron chi connectivity index (χ4n) is 3.65. The van der Waals surface area contributed by atoms with Crippen LogP contribution in [0.15, 0.2) is 17.5 Å². The van der Waals surface area contributed by atoms with E-state index in [0.717, 1.165) is 49.0 Å². The molecule has 2 aliphatic heterocycles. The average Bonchev–Trinajstić information content (AvgIpc) is 3.18. The van der Waals surface area contributed by atoms with E-state index in [2.05, 4.69) is 29.3 Å². The minimum atomic E-state index is -0.223. The van der Waals surface area contributed by atoms with E-state index in [-0.39, 0.29) is 11.8 Å². The fourth-order valence-corrected chi connectivity index (χ4v) is 4.82. The minimum absolute atomic E-state index is 0.142. The van der Waals surface area contributed by atoms with E-state index >= 15 is 0 Å². The van der Waals surface area contributed by atoms with Crippen LogP contribution in [0.5, 0.6) is 5.88 Å². The molecule has 2 aromatic rings. The molecule has 1 fully saturated rings. The molecule has 26 heavy (non-hydrogen) atoms. The number of morpholine rings is 1. The number of hydrogen-bond donors (Lipinski definition) is 3. The van der Waals surface area contributed by atoms with Crippen LogP contribution in [0, 0.1) is 25.2 Å². The first kappa shape index (κ1) is 17.1. The molecular weight excluding hydrogens is 350 g/mol. The Morgan fingerprint density at radius 3 is 2.92 bits per heavy atom. The van der Waals surface area contributed by atoms with Gasteiger partial charge in [-0.1, -0.05) is 0 Å². The lowest BCUT2D eigenvalue weighted by Crippen LogP contribution is -3.12. The predicted molar refractivity (Wildman–Crippen MR) is 96.9 cm³/mol. The van der Waals surface area contributed by atoms with Gasteiger partial charge in [-0.15, -0.1) is 16.4 Å². The van der Waals surface area contributed by atoms with Crippen LogP contribution in [-0.2, 0) is 11.3 Å². The highest BCUT2D eigenvalue weighted by Gasteiger charge is 2.35. The molecule has 0 spiro atoms. The lowest BCUT2D eigenvalue weighted by atomic mass is 9.88. The molecule has 0 aliphatic carbocycles. The van der Waals surface area contributed by atoms with Crippen molar-refractivity contribution in [2.75, 3.05) is 26.3 Å². The summed E-state index contributed by atoms with van der Waals surface area (Å²) in [5.41, 5.74) is 9.59. The number of nitrogens with zero attached hydrogens (tertiary/aromatic N) is 2. The highest BCUT2D eigenvalue weighted by Crippen LogP contribution is 2.45. The van der Waals surface area contributed by atoms with Crippen molar-refractivity contribution in [1.82, 2.24) is 10.2 Å². The topological polar surface area (TPSA) is 101 Å². The number of aromatic nitrogens is 2. The van der Waals surface area contributed by atoms with Crippen LogP contribution in [0.1, 0.15) is 32.5 Å². The van der Waals surface area contributed by atoms with Gasteiger partial charge in [-0.25, -0.2) is 0 Å². The Hall–Kier alpha value is -2.34. The van der Waals surface area contributed by atoms with E-state index in [1.165, 1.54) is 15.3 Å². The Bertz CT molecular complexity index is 901. The number of thiophene rings is 1. The predicted octanol–water partition coefficient (Wildman–Crippen LogP) is 0.721. The number of rotatable bonds is 3. The van der Waals surface area contributed by atoms with Crippen molar-refractivity contribution in [3.05, 3.63) is 44.1 Å². The second-order valence-corrected chi connectivity index (χ2v) is 8.05. The molecule has 2 aliphatic rings. The van der Waals surface area contributed by atoms with Crippen molar-refractivity contribution in [3.8, 4) is 11.9 Å². The van der Waals surface area contributed by atoms with Crippen molar-refractivity contribution >= 4 is 11.3 Å². The Morgan fingerprint density at radius 1 is 1.42 bits per heavy atom. The standard InChI is InChI=1S/C18H21N5O2S/c1-10-15-16(13(8-19)17(20)25-18(15)22-21-10)14-7-12(11(2)26-14)9-23-3-5-24-6-4-23/h7,16H,3-6,9,20H2,1-2H3,(H,21,22)/p+1/t16-/m0/s1. The Morgan fingerprint density at radius 2 is 2.19 bits per heavy atom. The molecule has 0 unspecified atom stereocenters. The molecule has 1 atom stereocenters. The molecular formula is C18H22N5O2S+. The zero-order chi connectivity index (χ0) is 18.3. The van der Waals surface area contributed by atoms with Gasteiger partial charge in [0.1, 0.15) is 31.3 Å². The van der Waals surface area contributed by atoms with Crippen LogP contribution < -0.4 is 15.4 Å². The molecule has 7 nitrogen and oxygen atoms in total. The number of aryl methyl sites for hydroxylation is 2. The number of aromatic amines is 1.